The molecule has 2 rings (SSSR count). The molecule has 0 saturated carbocycles. The molecule has 0 aliphatic heterocycles. The molecule has 6 nitrogen and oxygen atoms in total. The Morgan fingerprint density at radius 1 is 1.15 bits per heavy atom. The van der Waals surface area contributed by atoms with E-state index >= 15 is 0 Å². The standard InChI is InChI=1S/C18H21ClN2O4S/c1-14-7-9-15(10-8-14)26(23,24)21(13-18(22)20-11-12-25-2)17-6-4-3-5-16(17)19/h3-10H,11-13H2,1-2H3,(H,20,22). The first-order valence-corrected chi connectivity index (χ1v) is 9.77. The van der Waals surface area contributed by atoms with Gasteiger partial charge in [0.15, 0.2) is 0 Å². The second-order valence-electron chi connectivity index (χ2n) is 5.62. The summed E-state index contributed by atoms with van der Waals surface area (Å²) >= 11 is 6.19. The van der Waals surface area contributed by atoms with Crippen molar-refractivity contribution in [2.45, 2.75) is 11.8 Å². The number of carbonyl (C=O) groups excluding carboxylic acids is 1. The Morgan fingerprint density at radius 3 is 2.42 bits per heavy atom. The lowest BCUT2D eigenvalue weighted by molar-refractivity contribution is -0.119. The number of benzene rings is 2. The third kappa shape index (κ3) is 4.97. The van der Waals surface area contributed by atoms with E-state index in [0.29, 0.717) is 6.61 Å². The molecule has 2 aromatic carbocycles. The van der Waals surface area contributed by atoms with E-state index in [2.05, 4.69) is 5.32 Å². The number of carbonyl (C=O) groups is 1. The molecule has 26 heavy (non-hydrogen) atoms. The van der Waals surface area contributed by atoms with Crippen molar-refractivity contribution in [3.8, 4) is 0 Å². The van der Waals surface area contributed by atoms with E-state index in [1.54, 1.807) is 36.4 Å². The molecule has 0 unspecified atom stereocenters. The SMILES string of the molecule is COCCNC(=O)CN(c1ccccc1Cl)S(=O)(=O)c1ccc(C)cc1. The van der Waals surface area contributed by atoms with Gasteiger partial charge in [0.05, 0.1) is 22.2 Å². The fourth-order valence-corrected chi connectivity index (χ4v) is 4.00. The van der Waals surface area contributed by atoms with Crippen LogP contribution in [-0.2, 0) is 19.6 Å². The Labute approximate surface area is 158 Å². The minimum Gasteiger partial charge on any atom is -0.383 e. The molecule has 140 valence electrons. The second kappa shape index (κ2) is 9.02. The number of aryl methyl sites for hydroxylation is 1. The predicted octanol–water partition coefficient (Wildman–Crippen LogP) is 2.61. The van der Waals surface area contributed by atoms with Crippen molar-refractivity contribution in [2.75, 3.05) is 31.1 Å². The zero-order valence-corrected chi connectivity index (χ0v) is 16.2. The van der Waals surface area contributed by atoms with Gasteiger partial charge in [-0.3, -0.25) is 9.10 Å². The monoisotopic (exact) mass is 396 g/mol. The van der Waals surface area contributed by atoms with Crippen LogP contribution >= 0.6 is 11.6 Å². The van der Waals surface area contributed by atoms with Gasteiger partial charge in [0, 0.05) is 13.7 Å². The topological polar surface area (TPSA) is 75.7 Å². The number of hydrogen-bond donors (Lipinski definition) is 1. The highest BCUT2D eigenvalue weighted by Crippen LogP contribution is 2.30. The van der Waals surface area contributed by atoms with Crippen LogP contribution in [0.4, 0.5) is 5.69 Å². The van der Waals surface area contributed by atoms with E-state index in [0.717, 1.165) is 9.87 Å². The van der Waals surface area contributed by atoms with Gasteiger partial charge >= 0.3 is 0 Å². The highest BCUT2D eigenvalue weighted by Gasteiger charge is 2.28. The van der Waals surface area contributed by atoms with Gasteiger partial charge in [-0.15, -0.1) is 0 Å². The molecule has 8 heteroatoms. The molecule has 0 atom stereocenters. The first-order valence-electron chi connectivity index (χ1n) is 7.96. The van der Waals surface area contributed by atoms with E-state index in [4.69, 9.17) is 16.3 Å². The molecule has 0 saturated heterocycles. The molecule has 1 N–H and O–H groups in total. The lowest BCUT2D eigenvalue weighted by Crippen LogP contribution is -2.41. The number of para-hydroxylation sites is 1. The van der Waals surface area contributed by atoms with Crippen molar-refractivity contribution in [3.63, 3.8) is 0 Å². The summed E-state index contributed by atoms with van der Waals surface area (Å²) in [5.41, 5.74) is 1.18. The fraction of sp³-hybridized carbons (Fsp3) is 0.278. The largest absolute Gasteiger partial charge is 0.383 e. The normalized spacial score (nSPS) is 11.2. The lowest BCUT2D eigenvalue weighted by atomic mass is 10.2. The zero-order valence-electron chi connectivity index (χ0n) is 14.6. The van der Waals surface area contributed by atoms with Crippen LogP contribution in [0.3, 0.4) is 0 Å². The van der Waals surface area contributed by atoms with Crippen LogP contribution < -0.4 is 9.62 Å². The van der Waals surface area contributed by atoms with Gasteiger partial charge < -0.3 is 10.1 Å². The number of hydrogen-bond acceptors (Lipinski definition) is 4. The highest BCUT2D eigenvalue weighted by atomic mass is 35.5. The van der Waals surface area contributed by atoms with E-state index in [1.807, 2.05) is 6.92 Å². The minimum atomic E-state index is -3.96. The van der Waals surface area contributed by atoms with E-state index in [1.165, 1.54) is 19.2 Å². The van der Waals surface area contributed by atoms with Crippen LogP contribution in [0.2, 0.25) is 5.02 Å². The molecule has 0 aliphatic carbocycles. The Morgan fingerprint density at radius 2 is 1.81 bits per heavy atom. The summed E-state index contributed by atoms with van der Waals surface area (Å²) in [5.74, 6) is -0.447. The minimum absolute atomic E-state index is 0.0905. The molecule has 1 amide bonds. The molecular weight excluding hydrogens is 376 g/mol. The average Bonchev–Trinajstić information content (AvgIpc) is 2.61. The van der Waals surface area contributed by atoms with Gasteiger partial charge in [-0.05, 0) is 31.2 Å². The number of ether oxygens (including phenoxy) is 1. The van der Waals surface area contributed by atoms with Crippen molar-refractivity contribution in [3.05, 3.63) is 59.1 Å². The molecule has 0 bridgehead atoms. The molecule has 0 fully saturated rings. The summed E-state index contributed by atoms with van der Waals surface area (Å²) in [6, 6.07) is 12.9. The maximum absolute atomic E-state index is 13.1. The first kappa shape index (κ1) is 20.2. The lowest BCUT2D eigenvalue weighted by Gasteiger charge is -2.25. The average molecular weight is 397 g/mol. The Hall–Kier alpha value is -2.09. The van der Waals surface area contributed by atoms with Crippen LogP contribution in [0, 0.1) is 6.92 Å². The number of halogens is 1. The maximum atomic E-state index is 13.1. The molecule has 0 radical (unpaired) electrons. The summed E-state index contributed by atoms with van der Waals surface area (Å²) in [7, 11) is -2.44. The summed E-state index contributed by atoms with van der Waals surface area (Å²) in [5, 5.41) is 2.87. The molecule has 0 heterocycles. The molecule has 0 aliphatic rings. The number of sulfonamides is 1. The fourth-order valence-electron chi connectivity index (χ4n) is 2.27. The van der Waals surface area contributed by atoms with Crippen molar-refractivity contribution in [1.29, 1.82) is 0 Å². The molecule has 0 aromatic heterocycles. The number of nitrogens with zero attached hydrogens (tertiary/aromatic N) is 1. The molecule has 2 aromatic rings. The van der Waals surface area contributed by atoms with Crippen LogP contribution in [0.5, 0.6) is 0 Å². The van der Waals surface area contributed by atoms with Crippen LogP contribution in [-0.4, -0.2) is 41.1 Å². The smallest absolute Gasteiger partial charge is 0.264 e. The number of rotatable bonds is 8. The number of nitrogens with one attached hydrogen (secondary N) is 1. The number of amides is 1. The molecule has 0 spiro atoms. The third-order valence-electron chi connectivity index (χ3n) is 3.65. The summed E-state index contributed by atoms with van der Waals surface area (Å²) in [4.78, 5) is 12.3. The van der Waals surface area contributed by atoms with Gasteiger partial charge in [-0.2, -0.15) is 0 Å². The number of anilines is 1. The molecular formula is C18H21ClN2O4S. The highest BCUT2D eigenvalue weighted by molar-refractivity contribution is 7.92. The first-order chi connectivity index (χ1) is 12.4. The van der Waals surface area contributed by atoms with Crippen molar-refractivity contribution >= 4 is 33.2 Å². The predicted molar refractivity (Wildman–Crippen MR) is 102 cm³/mol. The summed E-state index contributed by atoms with van der Waals surface area (Å²) in [6.07, 6.45) is 0. The van der Waals surface area contributed by atoms with Gasteiger partial charge in [-0.1, -0.05) is 41.4 Å². The summed E-state index contributed by atoms with van der Waals surface area (Å²) < 4.78 is 32.1. The quantitative estimate of drug-likeness (QED) is 0.696. The van der Waals surface area contributed by atoms with Gasteiger partial charge in [0.2, 0.25) is 5.91 Å². The van der Waals surface area contributed by atoms with Gasteiger partial charge in [0.1, 0.15) is 6.54 Å². The van der Waals surface area contributed by atoms with E-state index in [9.17, 15) is 13.2 Å². The van der Waals surface area contributed by atoms with Gasteiger partial charge in [0.25, 0.3) is 10.0 Å². The number of methoxy groups -OCH3 is 1. The van der Waals surface area contributed by atoms with E-state index in [-0.39, 0.29) is 28.7 Å². The summed E-state index contributed by atoms with van der Waals surface area (Å²) in [6.45, 7) is 2.11. The third-order valence-corrected chi connectivity index (χ3v) is 5.74. The Bertz CT molecular complexity index is 854. The zero-order chi connectivity index (χ0) is 19.2. The van der Waals surface area contributed by atoms with Crippen molar-refractivity contribution in [2.24, 2.45) is 0 Å². The Kier molecular flexibility index (Phi) is 7.02. The van der Waals surface area contributed by atoms with Crippen molar-refractivity contribution < 1.29 is 17.9 Å². The van der Waals surface area contributed by atoms with Crippen LogP contribution in [0.1, 0.15) is 5.56 Å². The van der Waals surface area contributed by atoms with Crippen LogP contribution in [0.15, 0.2) is 53.4 Å². The van der Waals surface area contributed by atoms with Crippen molar-refractivity contribution in [1.82, 2.24) is 5.32 Å². The second-order valence-corrected chi connectivity index (χ2v) is 7.89. The van der Waals surface area contributed by atoms with E-state index < -0.39 is 15.9 Å². The Balaban J connectivity index is 2.38. The maximum Gasteiger partial charge on any atom is 0.264 e. The van der Waals surface area contributed by atoms with Gasteiger partial charge in [-0.25, -0.2) is 8.42 Å². The van der Waals surface area contributed by atoms with Crippen LogP contribution in [0.25, 0.3) is 0 Å².